The summed E-state index contributed by atoms with van der Waals surface area (Å²) in [7, 11) is 0. The van der Waals surface area contributed by atoms with Crippen molar-refractivity contribution in [2.75, 3.05) is 0 Å². The Balaban J connectivity index is 1.32. The summed E-state index contributed by atoms with van der Waals surface area (Å²) in [6, 6.07) is 0. The van der Waals surface area contributed by atoms with Gasteiger partial charge in [0.15, 0.2) is 0 Å². The van der Waals surface area contributed by atoms with E-state index < -0.39 is 0 Å². The zero-order chi connectivity index (χ0) is 19.8. The summed E-state index contributed by atoms with van der Waals surface area (Å²) in [6.07, 6.45) is 22.4. The molecule has 0 amide bonds. The Morgan fingerprint density at radius 1 is 0.679 bits per heavy atom. The van der Waals surface area contributed by atoms with Gasteiger partial charge in [-0.25, -0.2) is 0 Å². The molecule has 0 saturated heterocycles. The maximum atomic E-state index is 12.6. The summed E-state index contributed by atoms with van der Waals surface area (Å²) >= 11 is 0. The van der Waals surface area contributed by atoms with E-state index >= 15 is 0 Å². The van der Waals surface area contributed by atoms with E-state index in [2.05, 4.69) is 13.8 Å². The fourth-order valence-corrected chi connectivity index (χ4v) is 6.47. The number of carbonyl (C=O) groups is 1. The molecule has 0 unspecified atom stereocenters. The lowest BCUT2D eigenvalue weighted by Gasteiger charge is -2.38. The summed E-state index contributed by atoms with van der Waals surface area (Å²) in [4.78, 5) is 12.6. The average molecular weight is 391 g/mol. The average Bonchev–Trinajstić information content (AvgIpc) is 2.74. The molecule has 2 nitrogen and oxygen atoms in total. The molecule has 3 aliphatic rings. The molecule has 162 valence electrons. The number of rotatable bonds is 8. The highest BCUT2D eigenvalue weighted by Gasteiger charge is 2.33. The summed E-state index contributed by atoms with van der Waals surface area (Å²) in [5.41, 5.74) is 0. The van der Waals surface area contributed by atoms with E-state index in [1.54, 1.807) is 0 Å². The van der Waals surface area contributed by atoms with Crippen molar-refractivity contribution in [1.29, 1.82) is 0 Å². The molecule has 0 N–H and O–H groups in total. The Hall–Kier alpha value is -0.530. The maximum absolute atomic E-state index is 12.6. The van der Waals surface area contributed by atoms with Crippen LogP contribution in [0.3, 0.4) is 0 Å². The standard InChI is InChI=1S/C26H46O2/c1-3-5-7-21-8-12-22(13-9-21)23-16-18-25(19-17-23)28-26(27)24-14-10-20(6-4-2)11-15-24/h20-25H,3-19H2,1-2H3. The molecule has 0 aromatic carbocycles. The van der Waals surface area contributed by atoms with Gasteiger partial charge in [-0.3, -0.25) is 4.79 Å². The maximum Gasteiger partial charge on any atom is 0.309 e. The van der Waals surface area contributed by atoms with Gasteiger partial charge in [0.2, 0.25) is 0 Å². The summed E-state index contributed by atoms with van der Waals surface area (Å²) in [5, 5.41) is 0. The van der Waals surface area contributed by atoms with Crippen LogP contribution in [0.25, 0.3) is 0 Å². The predicted octanol–water partition coefficient (Wildman–Crippen LogP) is 7.69. The number of ether oxygens (including phenoxy) is 1. The van der Waals surface area contributed by atoms with Crippen LogP contribution in [0.4, 0.5) is 0 Å². The SMILES string of the molecule is CCCCC1CCC(C2CCC(OC(=O)C3CCC(CCC)CC3)CC2)CC1. The fraction of sp³-hybridized carbons (Fsp3) is 0.962. The van der Waals surface area contributed by atoms with E-state index in [-0.39, 0.29) is 18.0 Å². The van der Waals surface area contributed by atoms with E-state index in [9.17, 15) is 4.79 Å². The Morgan fingerprint density at radius 3 is 1.79 bits per heavy atom. The van der Waals surface area contributed by atoms with Crippen LogP contribution in [0.2, 0.25) is 0 Å². The van der Waals surface area contributed by atoms with E-state index in [1.807, 2.05) is 0 Å². The third-order valence-corrected chi connectivity index (χ3v) is 8.40. The molecule has 0 spiro atoms. The zero-order valence-corrected chi connectivity index (χ0v) is 18.8. The highest BCUT2D eigenvalue weighted by Crippen LogP contribution is 2.42. The van der Waals surface area contributed by atoms with E-state index in [0.29, 0.717) is 0 Å². The minimum atomic E-state index is 0.134. The molecule has 0 bridgehead atoms. The molecule has 3 aliphatic carbocycles. The van der Waals surface area contributed by atoms with Crippen molar-refractivity contribution < 1.29 is 9.53 Å². The van der Waals surface area contributed by atoms with Crippen molar-refractivity contribution in [1.82, 2.24) is 0 Å². The Bertz CT molecular complexity index is 435. The van der Waals surface area contributed by atoms with Crippen molar-refractivity contribution in [3.63, 3.8) is 0 Å². The molecule has 2 heteroatoms. The Morgan fingerprint density at radius 2 is 1.21 bits per heavy atom. The second-order valence-corrected chi connectivity index (χ2v) is 10.4. The smallest absolute Gasteiger partial charge is 0.309 e. The van der Waals surface area contributed by atoms with Crippen molar-refractivity contribution in [2.45, 2.75) is 129 Å². The predicted molar refractivity (Wildman–Crippen MR) is 117 cm³/mol. The van der Waals surface area contributed by atoms with Crippen LogP contribution in [-0.4, -0.2) is 12.1 Å². The molecule has 0 radical (unpaired) electrons. The van der Waals surface area contributed by atoms with Crippen LogP contribution < -0.4 is 0 Å². The van der Waals surface area contributed by atoms with Gasteiger partial charge in [0.05, 0.1) is 5.92 Å². The summed E-state index contributed by atoms with van der Waals surface area (Å²) in [5.74, 6) is 4.08. The molecule has 0 aromatic heterocycles. The summed E-state index contributed by atoms with van der Waals surface area (Å²) < 4.78 is 5.98. The van der Waals surface area contributed by atoms with Crippen LogP contribution in [0.5, 0.6) is 0 Å². The van der Waals surface area contributed by atoms with Crippen LogP contribution in [0.15, 0.2) is 0 Å². The van der Waals surface area contributed by atoms with Crippen molar-refractivity contribution in [3.8, 4) is 0 Å². The van der Waals surface area contributed by atoms with Gasteiger partial charge in [0.1, 0.15) is 6.10 Å². The molecular weight excluding hydrogens is 344 g/mol. The zero-order valence-electron chi connectivity index (χ0n) is 18.8. The van der Waals surface area contributed by atoms with Gasteiger partial charge in [0.25, 0.3) is 0 Å². The van der Waals surface area contributed by atoms with Gasteiger partial charge in [-0.15, -0.1) is 0 Å². The minimum absolute atomic E-state index is 0.134. The van der Waals surface area contributed by atoms with Crippen LogP contribution in [0, 0.1) is 29.6 Å². The topological polar surface area (TPSA) is 26.3 Å². The van der Waals surface area contributed by atoms with Gasteiger partial charge in [-0.2, -0.15) is 0 Å². The molecule has 0 heterocycles. The molecule has 0 aromatic rings. The first-order valence-corrected chi connectivity index (χ1v) is 12.9. The van der Waals surface area contributed by atoms with Crippen molar-refractivity contribution in [2.24, 2.45) is 29.6 Å². The summed E-state index contributed by atoms with van der Waals surface area (Å²) in [6.45, 7) is 4.59. The van der Waals surface area contributed by atoms with Crippen molar-refractivity contribution >= 4 is 5.97 Å². The normalized spacial score (nSPS) is 36.8. The van der Waals surface area contributed by atoms with E-state index in [1.165, 1.54) is 83.5 Å². The monoisotopic (exact) mass is 390 g/mol. The third-order valence-electron chi connectivity index (χ3n) is 8.40. The highest BCUT2D eigenvalue weighted by atomic mass is 16.5. The third kappa shape index (κ3) is 6.49. The lowest BCUT2D eigenvalue weighted by molar-refractivity contribution is -0.157. The van der Waals surface area contributed by atoms with Crippen LogP contribution >= 0.6 is 0 Å². The fourth-order valence-electron chi connectivity index (χ4n) is 6.47. The number of unbranched alkanes of at least 4 members (excludes halogenated alkanes) is 1. The number of hydrogen-bond donors (Lipinski definition) is 0. The van der Waals surface area contributed by atoms with Gasteiger partial charge in [-0.05, 0) is 87.9 Å². The number of hydrogen-bond acceptors (Lipinski definition) is 2. The molecule has 3 saturated carbocycles. The largest absolute Gasteiger partial charge is 0.462 e. The minimum Gasteiger partial charge on any atom is -0.462 e. The highest BCUT2D eigenvalue weighted by molar-refractivity contribution is 5.72. The lowest BCUT2D eigenvalue weighted by Crippen LogP contribution is -2.32. The second-order valence-electron chi connectivity index (χ2n) is 10.4. The number of esters is 1. The quantitative estimate of drug-likeness (QED) is 0.397. The van der Waals surface area contributed by atoms with Crippen molar-refractivity contribution in [3.05, 3.63) is 0 Å². The number of carbonyl (C=O) groups excluding carboxylic acids is 1. The van der Waals surface area contributed by atoms with E-state index in [4.69, 9.17) is 4.74 Å². The second kappa shape index (κ2) is 11.6. The molecular formula is C26H46O2. The van der Waals surface area contributed by atoms with Crippen LogP contribution in [-0.2, 0) is 9.53 Å². The molecule has 3 rings (SSSR count). The molecule has 3 fully saturated rings. The van der Waals surface area contributed by atoms with Gasteiger partial charge < -0.3 is 4.74 Å². The van der Waals surface area contributed by atoms with Crippen LogP contribution in [0.1, 0.15) is 123 Å². The Kier molecular flexibility index (Phi) is 9.18. The molecule has 0 aliphatic heterocycles. The first-order chi connectivity index (χ1) is 13.7. The molecule has 0 atom stereocenters. The van der Waals surface area contributed by atoms with Gasteiger partial charge >= 0.3 is 5.97 Å². The van der Waals surface area contributed by atoms with Gasteiger partial charge in [-0.1, -0.05) is 58.8 Å². The Labute approximate surface area is 174 Å². The van der Waals surface area contributed by atoms with E-state index in [0.717, 1.165) is 49.4 Å². The molecule has 28 heavy (non-hydrogen) atoms. The lowest BCUT2D eigenvalue weighted by atomic mass is 9.70. The first kappa shape index (κ1) is 22.2. The van der Waals surface area contributed by atoms with Gasteiger partial charge in [0, 0.05) is 0 Å². The first-order valence-electron chi connectivity index (χ1n) is 12.9.